The lowest BCUT2D eigenvalue weighted by molar-refractivity contribution is 0.0161. The van der Waals surface area contributed by atoms with E-state index in [1.54, 1.807) is 18.3 Å². The maximum atomic E-state index is 11.5. The number of carbonyl (C=O) groups is 1. The summed E-state index contributed by atoms with van der Waals surface area (Å²) >= 11 is 0. The van der Waals surface area contributed by atoms with Crippen molar-refractivity contribution in [1.29, 1.82) is 0 Å². The molecule has 1 unspecified atom stereocenters. The topological polar surface area (TPSA) is 48.4 Å². The molecule has 0 spiro atoms. The van der Waals surface area contributed by atoms with Crippen molar-refractivity contribution in [1.82, 2.24) is 4.98 Å². The van der Waals surface area contributed by atoms with Gasteiger partial charge in [0.2, 0.25) is 0 Å². The van der Waals surface area contributed by atoms with Gasteiger partial charge >= 0.3 is 5.97 Å². The summed E-state index contributed by atoms with van der Waals surface area (Å²) in [5, 5.41) is 0. The first-order valence-corrected chi connectivity index (χ1v) is 5.05. The highest BCUT2D eigenvalue weighted by atomic mass is 35.5. The molecule has 1 saturated heterocycles. The van der Waals surface area contributed by atoms with Crippen molar-refractivity contribution in [3.05, 3.63) is 30.1 Å². The quantitative estimate of drug-likeness (QED) is 0.760. The van der Waals surface area contributed by atoms with Gasteiger partial charge in [0.05, 0.1) is 11.7 Å². The summed E-state index contributed by atoms with van der Waals surface area (Å²) < 4.78 is 10.5. The van der Waals surface area contributed by atoms with Crippen LogP contribution in [0, 0.1) is 0 Å². The zero-order chi connectivity index (χ0) is 10.5. The molecule has 88 valence electrons. The molecule has 1 aliphatic heterocycles. The number of carbonyl (C=O) groups excluding carboxylic acids is 1. The van der Waals surface area contributed by atoms with Gasteiger partial charge in [-0.1, -0.05) is 0 Å². The van der Waals surface area contributed by atoms with E-state index in [1.807, 2.05) is 0 Å². The Morgan fingerprint density at radius 1 is 1.62 bits per heavy atom. The first-order valence-electron chi connectivity index (χ1n) is 5.05. The number of esters is 1. The summed E-state index contributed by atoms with van der Waals surface area (Å²) in [7, 11) is 0. The first-order chi connectivity index (χ1) is 7.36. The Morgan fingerprint density at radius 2 is 2.50 bits per heavy atom. The van der Waals surface area contributed by atoms with Gasteiger partial charge in [-0.2, -0.15) is 0 Å². The summed E-state index contributed by atoms with van der Waals surface area (Å²) in [5.74, 6) is -0.335. The highest BCUT2D eigenvalue weighted by Gasteiger charge is 2.17. The van der Waals surface area contributed by atoms with Crippen molar-refractivity contribution in [2.45, 2.75) is 18.9 Å². The molecule has 0 amide bonds. The van der Waals surface area contributed by atoms with Crippen LogP contribution in [0.3, 0.4) is 0 Å². The second kappa shape index (κ2) is 6.45. The van der Waals surface area contributed by atoms with Gasteiger partial charge in [0.15, 0.2) is 0 Å². The van der Waals surface area contributed by atoms with Crippen LogP contribution in [0.1, 0.15) is 23.2 Å². The lowest BCUT2D eigenvalue weighted by Gasteiger charge is -2.09. The Morgan fingerprint density at radius 3 is 3.12 bits per heavy atom. The molecule has 1 atom stereocenters. The van der Waals surface area contributed by atoms with Crippen LogP contribution < -0.4 is 0 Å². The third kappa shape index (κ3) is 3.47. The molecule has 4 nitrogen and oxygen atoms in total. The zero-order valence-electron chi connectivity index (χ0n) is 8.80. The molecule has 0 aliphatic carbocycles. The van der Waals surface area contributed by atoms with Gasteiger partial charge in [-0.15, -0.1) is 12.4 Å². The lowest BCUT2D eigenvalue weighted by atomic mass is 10.2. The largest absolute Gasteiger partial charge is 0.459 e. The predicted molar refractivity (Wildman–Crippen MR) is 60.7 cm³/mol. The predicted octanol–water partition coefficient (Wildman–Crippen LogP) is 1.84. The molecule has 0 N–H and O–H groups in total. The van der Waals surface area contributed by atoms with Crippen LogP contribution in [-0.4, -0.2) is 30.3 Å². The molecule has 1 aromatic heterocycles. The Hall–Kier alpha value is -1.13. The van der Waals surface area contributed by atoms with E-state index >= 15 is 0 Å². The molecule has 5 heteroatoms. The van der Waals surface area contributed by atoms with Gasteiger partial charge in [0.1, 0.15) is 6.61 Å². The van der Waals surface area contributed by atoms with Crippen molar-refractivity contribution in [2.75, 3.05) is 13.2 Å². The van der Waals surface area contributed by atoms with E-state index in [4.69, 9.17) is 9.47 Å². The summed E-state index contributed by atoms with van der Waals surface area (Å²) in [4.78, 5) is 15.3. The normalized spacial score (nSPS) is 18.9. The summed E-state index contributed by atoms with van der Waals surface area (Å²) in [5.41, 5.74) is 0.482. The van der Waals surface area contributed by atoms with Crippen molar-refractivity contribution >= 4 is 18.4 Å². The molecule has 0 aromatic carbocycles. The smallest absolute Gasteiger partial charge is 0.339 e. The van der Waals surface area contributed by atoms with Gasteiger partial charge in [-0.3, -0.25) is 4.98 Å². The minimum atomic E-state index is -0.335. The minimum Gasteiger partial charge on any atom is -0.459 e. The van der Waals surface area contributed by atoms with Crippen LogP contribution >= 0.6 is 12.4 Å². The molecule has 1 fully saturated rings. The van der Waals surface area contributed by atoms with Crippen molar-refractivity contribution in [3.8, 4) is 0 Å². The zero-order valence-corrected chi connectivity index (χ0v) is 9.61. The molecule has 1 aliphatic rings. The number of rotatable bonds is 3. The Labute approximate surface area is 100 Å². The average molecular weight is 244 g/mol. The third-order valence-corrected chi connectivity index (χ3v) is 2.32. The Kier molecular flexibility index (Phi) is 5.22. The van der Waals surface area contributed by atoms with Gasteiger partial charge in [-0.25, -0.2) is 4.79 Å². The SMILES string of the molecule is Cl.O=C(OCC1CCCO1)c1cccnc1. The molecule has 1 aromatic rings. The fourth-order valence-corrected chi connectivity index (χ4v) is 1.51. The number of aromatic nitrogens is 1. The summed E-state index contributed by atoms with van der Waals surface area (Å²) in [6.07, 6.45) is 5.22. The van der Waals surface area contributed by atoms with Gasteiger partial charge < -0.3 is 9.47 Å². The van der Waals surface area contributed by atoms with Crippen LogP contribution in [0.15, 0.2) is 24.5 Å². The first kappa shape index (κ1) is 12.9. The molecular weight excluding hydrogens is 230 g/mol. The van der Waals surface area contributed by atoms with E-state index in [9.17, 15) is 4.79 Å². The van der Waals surface area contributed by atoms with E-state index < -0.39 is 0 Å². The molecular formula is C11H14ClNO3. The number of halogens is 1. The Bertz CT molecular complexity index is 325. The van der Waals surface area contributed by atoms with Gasteiger partial charge in [-0.05, 0) is 25.0 Å². The van der Waals surface area contributed by atoms with E-state index in [0.29, 0.717) is 12.2 Å². The maximum absolute atomic E-state index is 11.5. The van der Waals surface area contributed by atoms with Crippen LogP contribution in [0.2, 0.25) is 0 Å². The lowest BCUT2D eigenvalue weighted by Crippen LogP contribution is -2.17. The number of hydrogen-bond donors (Lipinski definition) is 0. The van der Waals surface area contributed by atoms with Crippen molar-refractivity contribution in [3.63, 3.8) is 0 Å². The molecule has 2 rings (SSSR count). The number of hydrogen-bond acceptors (Lipinski definition) is 4. The van der Waals surface area contributed by atoms with Crippen molar-refractivity contribution < 1.29 is 14.3 Å². The summed E-state index contributed by atoms with van der Waals surface area (Å²) in [6.45, 7) is 1.11. The highest BCUT2D eigenvalue weighted by Crippen LogP contribution is 2.12. The third-order valence-electron chi connectivity index (χ3n) is 2.32. The van der Waals surface area contributed by atoms with E-state index in [2.05, 4.69) is 4.98 Å². The maximum Gasteiger partial charge on any atom is 0.339 e. The second-order valence-corrected chi connectivity index (χ2v) is 3.48. The molecule has 0 saturated carbocycles. The van der Waals surface area contributed by atoms with Gasteiger partial charge in [0.25, 0.3) is 0 Å². The minimum absolute atomic E-state index is 0. The number of ether oxygens (including phenoxy) is 2. The fraction of sp³-hybridized carbons (Fsp3) is 0.455. The van der Waals surface area contributed by atoms with Crippen molar-refractivity contribution in [2.24, 2.45) is 0 Å². The molecule has 0 bridgehead atoms. The van der Waals surface area contributed by atoms with Crippen LogP contribution in [0.25, 0.3) is 0 Å². The average Bonchev–Trinajstić information content (AvgIpc) is 2.80. The molecule has 0 radical (unpaired) electrons. The number of pyridine rings is 1. The standard InChI is InChI=1S/C11H13NO3.ClH/c13-11(9-3-1-5-12-7-9)15-8-10-4-2-6-14-10;/h1,3,5,7,10H,2,4,6,8H2;1H. The second-order valence-electron chi connectivity index (χ2n) is 3.48. The molecule has 2 heterocycles. The molecule has 16 heavy (non-hydrogen) atoms. The number of nitrogens with zero attached hydrogens (tertiary/aromatic N) is 1. The monoisotopic (exact) mass is 243 g/mol. The van der Waals surface area contributed by atoms with Crippen LogP contribution in [0.5, 0.6) is 0 Å². The van der Waals surface area contributed by atoms with E-state index in [-0.39, 0.29) is 24.5 Å². The van der Waals surface area contributed by atoms with Crippen LogP contribution in [-0.2, 0) is 9.47 Å². The highest BCUT2D eigenvalue weighted by molar-refractivity contribution is 5.88. The van der Waals surface area contributed by atoms with E-state index in [1.165, 1.54) is 6.20 Å². The Balaban J connectivity index is 0.00000128. The fourth-order valence-electron chi connectivity index (χ4n) is 1.51. The summed E-state index contributed by atoms with van der Waals surface area (Å²) in [6, 6.07) is 3.40. The van der Waals surface area contributed by atoms with E-state index in [0.717, 1.165) is 19.4 Å². The van der Waals surface area contributed by atoms with Crippen LogP contribution in [0.4, 0.5) is 0 Å². The van der Waals surface area contributed by atoms with Gasteiger partial charge in [0, 0.05) is 19.0 Å².